The zero-order valence-electron chi connectivity index (χ0n) is 24.2. The third-order valence-corrected chi connectivity index (χ3v) is 11.3. The van der Waals surface area contributed by atoms with Crippen LogP contribution in [0, 0.1) is 30.6 Å². The molecule has 3 aromatic heterocycles. The van der Waals surface area contributed by atoms with E-state index in [9.17, 15) is 9.59 Å². The molecule has 0 bridgehead atoms. The topological polar surface area (TPSA) is 71.6 Å². The lowest BCUT2D eigenvalue weighted by molar-refractivity contribution is -0.0204. The van der Waals surface area contributed by atoms with Gasteiger partial charge in [-0.15, -0.1) is 0 Å². The second-order valence-corrected chi connectivity index (χ2v) is 13.7. The third kappa shape index (κ3) is 3.39. The number of benzene rings is 2. The molecule has 5 aromatic rings. The van der Waals surface area contributed by atoms with Crippen molar-refractivity contribution in [2.24, 2.45) is 23.7 Å². The number of nitrogens with zero attached hydrogens (tertiary/aromatic N) is 4. The fraction of sp³-hybridized carbons (Fsp3) is 0.361. The Morgan fingerprint density at radius 3 is 2.67 bits per heavy atom. The Morgan fingerprint density at radius 1 is 0.977 bits per heavy atom. The van der Waals surface area contributed by atoms with Crippen molar-refractivity contribution in [1.29, 1.82) is 0 Å². The van der Waals surface area contributed by atoms with E-state index in [4.69, 9.17) is 5.10 Å². The molecular formula is C36H33N5O2. The fourth-order valence-corrected chi connectivity index (χ4v) is 8.70. The molecule has 4 atom stereocenters. The highest BCUT2D eigenvalue weighted by Crippen LogP contribution is 2.60. The molecule has 4 fully saturated rings. The van der Waals surface area contributed by atoms with Crippen molar-refractivity contribution in [3.05, 3.63) is 83.0 Å². The average molecular weight is 568 g/mol. The molecular weight excluding hydrogens is 534 g/mol. The van der Waals surface area contributed by atoms with Gasteiger partial charge < -0.3 is 14.8 Å². The molecule has 0 spiro atoms. The number of aromatic nitrogens is 3. The number of carbonyl (C=O) groups is 2. The van der Waals surface area contributed by atoms with Crippen LogP contribution in [0.4, 0.5) is 0 Å². The highest BCUT2D eigenvalue weighted by atomic mass is 16.2. The van der Waals surface area contributed by atoms with Gasteiger partial charge in [-0.25, -0.2) is 4.52 Å². The molecule has 43 heavy (non-hydrogen) atoms. The summed E-state index contributed by atoms with van der Waals surface area (Å²) in [5, 5.41) is 9.25. The number of fused-ring (bicyclic) bond motifs is 3. The number of hydrogen-bond acceptors (Lipinski definition) is 3. The Kier molecular flexibility index (Phi) is 4.69. The van der Waals surface area contributed by atoms with Crippen molar-refractivity contribution < 1.29 is 9.59 Å². The zero-order valence-corrected chi connectivity index (χ0v) is 24.2. The summed E-state index contributed by atoms with van der Waals surface area (Å²) in [6.07, 6.45) is 6.98. The molecule has 1 N–H and O–H groups in total. The lowest BCUT2D eigenvalue weighted by Crippen LogP contribution is -2.53. The van der Waals surface area contributed by atoms with Crippen LogP contribution in [0.3, 0.4) is 0 Å². The Hall–Kier alpha value is -4.39. The second-order valence-electron chi connectivity index (χ2n) is 13.7. The van der Waals surface area contributed by atoms with Crippen LogP contribution in [0.25, 0.3) is 38.9 Å². The summed E-state index contributed by atoms with van der Waals surface area (Å²) in [4.78, 5) is 27.8. The van der Waals surface area contributed by atoms with Gasteiger partial charge in [-0.3, -0.25) is 9.59 Å². The quantitative estimate of drug-likeness (QED) is 0.281. The first-order valence-corrected chi connectivity index (χ1v) is 15.9. The summed E-state index contributed by atoms with van der Waals surface area (Å²) < 4.78 is 4.39. The molecule has 0 radical (unpaired) electrons. The van der Waals surface area contributed by atoms with E-state index in [1.54, 1.807) is 0 Å². The highest BCUT2D eigenvalue weighted by molar-refractivity contribution is 5.99. The predicted octanol–water partition coefficient (Wildman–Crippen LogP) is 6.07. The summed E-state index contributed by atoms with van der Waals surface area (Å²) in [5.41, 5.74) is 10.4. The number of nitrogens with one attached hydrogen (secondary N) is 1. The van der Waals surface area contributed by atoms with E-state index in [-0.39, 0.29) is 11.8 Å². The van der Waals surface area contributed by atoms with Gasteiger partial charge in [0.15, 0.2) is 0 Å². The maximum Gasteiger partial charge on any atom is 0.255 e. The van der Waals surface area contributed by atoms with Crippen molar-refractivity contribution in [3.63, 3.8) is 0 Å². The molecule has 5 heterocycles. The lowest BCUT2D eigenvalue weighted by Gasteiger charge is -2.52. The minimum Gasteiger partial charge on any atom is -0.348 e. The van der Waals surface area contributed by atoms with E-state index in [1.807, 2.05) is 22.8 Å². The largest absolute Gasteiger partial charge is 0.348 e. The van der Waals surface area contributed by atoms with Crippen LogP contribution >= 0.6 is 0 Å². The predicted molar refractivity (Wildman–Crippen MR) is 165 cm³/mol. The molecule has 7 heteroatoms. The van der Waals surface area contributed by atoms with Crippen LogP contribution < -0.4 is 5.32 Å². The van der Waals surface area contributed by atoms with Crippen molar-refractivity contribution in [2.75, 3.05) is 6.54 Å². The standard InChI is InChI=1S/C36H33N5O2/c1-19-29-9-7-24(36(43)40-17-27-11-25-14-31(40)33(25)27)18-41(29)38-34(19)32-13-23-5-4-22(12-30(23)39(32)16-20-2-3-20)21-6-8-28-26(10-21)15-37-35(28)42/h4-10,12-13,18,20,25,27,31,33H,2-3,11,14-17H2,1H3,(H,37,42)/t25?,27?,31?,33-/m1/s1. The Labute approximate surface area is 249 Å². The van der Waals surface area contributed by atoms with Gasteiger partial charge >= 0.3 is 0 Å². The van der Waals surface area contributed by atoms with E-state index >= 15 is 0 Å². The molecule has 214 valence electrons. The fourth-order valence-electron chi connectivity index (χ4n) is 8.70. The van der Waals surface area contributed by atoms with E-state index < -0.39 is 0 Å². The van der Waals surface area contributed by atoms with Gasteiger partial charge in [-0.2, -0.15) is 5.10 Å². The maximum absolute atomic E-state index is 13.6. The Balaban J connectivity index is 1.05. The number of rotatable bonds is 5. The monoisotopic (exact) mass is 567 g/mol. The first-order chi connectivity index (χ1) is 21.0. The first kappa shape index (κ1) is 24.1. The van der Waals surface area contributed by atoms with Crippen molar-refractivity contribution in [1.82, 2.24) is 24.4 Å². The summed E-state index contributed by atoms with van der Waals surface area (Å²) in [5.74, 6) is 3.24. The van der Waals surface area contributed by atoms with Crippen molar-refractivity contribution in [3.8, 4) is 22.5 Å². The van der Waals surface area contributed by atoms with E-state index in [2.05, 4.69) is 64.2 Å². The molecule has 3 aliphatic carbocycles. The van der Waals surface area contributed by atoms with Gasteiger partial charge in [0.2, 0.25) is 0 Å². The number of likely N-dealkylation sites (tertiary alicyclic amines) is 1. The molecule has 1 saturated heterocycles. The average Bonchev–Trinajstić information content (AvgIpc) is 3.54. The molecule has 7 nitrogen and oxygen atoms in total. The van der Waals surface area contributed by atoms with Gasteiger partial charge in [-0.05, 0) is 109 Å². The molecule has 2 amide bonds. The minimum atomic E-state index is 0.0127. The molecule has 2 aliphatic heterocycles. The summed E-state index contributed by atoms with van der Waals surface area (Å²) >= 11 is 0. The van der Waals surface area contributed by atoms with Crippen LogP contribution in [-0.4, -0.2) is 43.5 Å². The number of aryl methyl sites for hydroxylation is 1. The van der Waals surface area contributed by atoms with Crippen LogP contribution in [0.1, 0.15) is 57.5 Å². The van der Waals surface area contributed by atoms with Crippen LogP contribution in [0.15, 0.2) is 60.8 Å². The maximum atomic E-state index is 13.6. The van der Waals surface area contributed by atoms with Gasteiger partial charge in [0.1, 0.15) is 5.69 Å². The molecule has 3 unspecified atom stereocenters. The van der Waals surface area contributed by atoms with Crippen molar-refractivity contribution in [2.45, 2.75) is 51.7 Å². The summed E-state index contributed by atoms with van der Waals surface area (Å²) in [6.45, 7) is 4.64. The van der Waals surface area contributed by atoms with Crippen LogP contribution in [0.2, 0.25) is 0 Å². The van der Waals surface area contributed by atoms with Crippen molar-refractivity contribution >= 4 is 28.2 Å². The van der Waals surface area contributed by atoms with Crippen LogP contribution in [0.5, 0.6) is 0 Å². The minimum absolute atomic E-state index is 0.0127. The van der Waals surface area contributed by atoms with Crippen LogP contribution in [-0.2, 0) is 13.1 Å². The molecule has 10 rings (SSSR count). The molecule has 2 aromatic carbocycles. The summed E-state index contributed by atoms with van der Waals surface area (Å²) in [7, 11) is 0. The van der Waals surface area contributed by atoms with E-state index in [0.29, 0.717) is 18.5 Å². The Bertz CT molecular complexity index is 2050. The Morgan fingerprint density at radius 2 is 1.84 bits per heavy atom. The number of hydrogen-bond donors (Lipinski definition) is 1. The van der Waals surface area contributed by atoms with Gasteiger partial charge in [0.25, 0.3) is 11.8 Å². The second kappa shape index (κ2) is 8.37. The summed E-state index contributed by atoms with van der Waals surface area (Å²) in [6, 6.07) is 19.6. The lowest BCUT2D eigenvalue weighted by atomic mass is 9.53. The smallest absolute Gasteiger partial charge is 0.255 e. The highest BCUT2D eigenvalue weighted by Gasteiger charge is 2.61. The number of pyridine rings is 1. The van der Waals surface area contributed by atoms with E-state index in [1.165, 1.54) is 36.6 Å². The van der Waals surface area contributed by atoms with Gasteiger partial charge in [-0.1, -0.05) is 18.2 Å². The van der Waals surface area contributed by atoms with Gasteiger partial charge in [0, 0.05) is 53.9 Å². The first-order valence-electron chi connectivity index (χ1n) is 15.9. The third-order valence-electron chi connectivity index (χ3n) is 11.3. The normalized spacial score (nSPS) is 25.0. The SMILES string of the molecule is Cc1c(-c2cc3ccc(-c4ccc5c(c4)CNC5=O)cc3n2CC2CC2)nn2cc(C(=O)N3CC4CC5CC3[C@H]54)ccc12. The zero-order chi connectivity index (χ0) is 28.6. The number of amides is 2. The van der Waals surface area contributed by atoms with Gasteiger partial charge in [0.05, 0.1) is 16.8 Å². The number of carbonyl (C=O) groups excluding carboxylic acids is 2. The molecule has 3 saturated carbocycles. The van der Waals surface area contributed by atoms with E-state index in [0.717, 1.165) is 81.1 Å². The molecule has 5 aliphatic rings.